The summed E-state index contributed by atoms with van der Waals surface area (Å²) >= 11 is 0. The van der Waals surface area contributed by atoms with Crippen LogP contribution in [-0.4, -0.2) is 39.5 Å². The van der Waals surface area contributed by atoms with Gasteiger partial charge in [-0.1, -0.05) is 0 Å². The molecule has 0 aromatic carbocycles. The first-order valence-corrected chi connectivity index (χ1v) is 5.78. The zero-order valence-electron chi connectivity index (χ0n) is 9.87. The van der Waals surface area contributed by atoms with E-state index in [4.69, 9.17) is 10.8 Å². The van der Waals surface area contributed by atoms with Gasteiger partial charge in [0.1, 0.15) is 6.54 Å². The number of amides is 1. The second-order valence-corrected chi connectivity index (χ2v) is 4.41. The molecule has 1 saturated carbocycles. The molecule has 2 rings (SSSR count). The Morgan fingerprint density at radius 2 is 2.17 bits per heavy atom. The third kappa shape index (κ3) is 3.19. The van der Waals surface area contributed by atoms with E-state index in [0.29, 0.717) is 11.4 Å². The SMILES string of the molecule is Nc1ccc(CC(=O)N(CC(=O)O)C2CC2)nc1. The van der Waals surface area contributed by atoms with E-state index in [-0.39, 0.29) is 24.9 Å². The standard InChI is InChI=1S/C12H15N3O3/c13-8-1-2-9(14-6-8)5-11(16)15(7-12(17)18)10-3-4-10/h1-2,6,10H,3-5,7,13H2,(H,17,18). The van der Waals surface area contributed by atoms with E-state index in [0.717, 1.165) is 12.8 Å². The van der Waals surface area contributed by atoms with Gasteiger partial charge in [-0.15, -0.1) is 0 Å². The number of nitrogens with zero attached hydrogens (tertiary/aromatic N) is 2. The maximum atomic E-state index is 12.0. The van der Waals surface area contributed by atoms with Crippen LogP contribution in [0.15, 0.2) is 18.3 Å². The quantitative estimate of drug-likeness (QED) is 0.781. The van der Waals surface area contributed by atoms with Crippen LogP contribution in [0, 0.1) is 0 Å². The number of carboxylic acid groups (broad SMARTS) is 1. The van der Waals surface area contributed by atoms with E-state index in [1.165, 1.54) is 11.1 Å². The molecule has 6 nitrogen and oxygen atoms in total. The Bertz CT molecular complexity index is 454. The van der Waals surface area contributed by atoms with Crippen molar-refractivity contribution in [1.82, 2.24) is 9.88 Å². The molecule has 96 valence electrons. The maximum absolute atomic E-state index is 12.0. The van der Waals surface area contributed by atoms with Crippen molar-refractivity contribution in [2.24, 2.45) is 0 Å². The van der Waals surface area contributed by atoms with Gasteiger partial charge in [-0.2, -0.15) is 0 Å². The molecule has 3 N–H and O–H groups in total. The highest BCUT2D eigenvalue weighted by Crippen LogP contribution is 2.27. The molecule has 1 aliphatic rings. The number of carbonyl (C=O) groups excluding carboxylic acids is 1. The minimum absolute atomic E-state index is 0.0855. The summed E-state index contributed by atoms with van der Waals surface area (Å²) in [6, 6.07) is 3.44. The molecule has 1 fully saturated rings. The summed E-state index contributed by atoms with van der Waals surface area (Å²) in [5.74, 6) is -1.18. The smallest absolute Gasteiger partial charge is 0.323 e. The fourth-order valence-electron chi connectivity index (χ4n) is 1.75. The molecule has 0 aliphatic heterocycles. The highest BCUT2D eigenvalue weighted by Gasteiger charge is 2.33. The van der Waals surface area contributed by atoms with Crippen LogP contribution in [0.4, 0.5) is 5.69 Å². The number of hydrogen-bond acceptors (Lipinski definition) is 4. The monoisotopic (exact) mass is 249 g/mol. The summed E-state index contributed by atoms with van der Waals surface area (Å²) in [6.07, 6.45) is 3.37. The predicted molar refractivity (Wildman–Crippen MR) is 64.7 cm³/mol. The van der Waals surface area contributed by atoms with Gasteiger partial charge in [0, 0.05) is 11.7 Å². The van der Waals surface area contributed by atoms with Crippen molar-refractivity contribution in [2.45, 2.75) is 25.3 Å². The molecular formula is C12H15N3O3. The van der Waals surface area contributed by atoms with Crippen molar-refractivity contribution >= 4 is 17.6 Å². The van der Waals surface area contributed by atoms with Crippen LogP contribution in [0.1, 0.15) is 18.5 Å². The second-order valence-electron chi connectivity index (χ2n) is 4.41. The molecule has 6 heteroatoms. The summed E-state index contributed by atoms with van der Waals surface area (Å²) in [7, 11) is 0. The first-order chi connectivity index (χ1) is 8.56. The number of hydrogen-bond donors (Lipinski definition) is 2. The van der Waals surface area contributed by atoms with Gasteiger partial charge < -0.3 is 15.7 Å². The topological polar surface area (TPSA) is 96.5 Å². The average molecular weight is 249 g/mol. The first-order valence-electron chi connectivity index (χ1n) is 5.78. The molecule has 0 unspecified atom stereocenters. The molecule has 0 bridgehead atoms. The van der Waals surface area contributed by atoms with Gasteiger partial charge in [0.05, 0.1) is 18.3 Å². The van der Waals surface area contributed by atoms with E-state index in [1.54, 1.807) is 12.1 Å². The van der Waals surface area contributed by atoms with Crippen LogP contribution in [0.3, 0.4) is 0 Å². The molecule has 1 aliphatic carbocycles. The Kier molecular flexibility index (Phi) is 3.45. The van der Waals surface area contributed by atoms with E-state index in [1.807, 2.05) is 0 Å². The highest BCUT2D eigenvalue weighted by atomic mass is 16.4. The highest BCUT2D eigenvalue weighted by molar-refractivity contribution is 5.83. The van der Waals surface area contributed by atoms with Gasteiger partial charge in [0.25, 0.3) is 0 Å². The number of anilines is 1. The lowest BCUT2D eigenvalue weighted by Gasteiger charge is -2.19. The lowest BCUT2D eigenvalue weighted by molar-refractivity contribution is -0.144. The molecule has 1 heterocycles. The summed E-state index contributed by atoms with van der Waals surface area (Å²) < 4.78 is 0. The molecule has 0 saturated heterocycles. The van der Waals surface area contributed by atoms with Crippen molar-refractivity contribution in [1.29, 1.82) is 0 Å². The fraction of sp³-hybridized carbons (Fsp3) is 0.417. The molecule has 0 radical (unpaired) electrons. The summed E-state index contributed by atoms with van der Waals surface area (Å²) in [5.41, 5.74) is 6.65. The normalized spacial score (nSPS) is 14.2. The number of pyridine rings is 1. The number of aliphatic carboxylic acids is 1. The maximum Gasteiger partial charge on any atom is 0.323 e. The van der Waals surface area contributed by atoms with E-state index >= 15 is 0 Å². The number of carbonyl (C=O) groups is 2. The van der Waals surface area contributed by atoms with E-state index < -0.39 is 5.97 Å². The van der Waals surface area contributed by atoms with Gasteiger partial charge in [-0.25, -0.2) is 0 Å². The van der Waals surface area contributed by atoms with Gasteiger partial charge >= 0.3 is 5.97 Å². The Hall–Kier alpha value is -2.11. The third-order valence-electron chi connectivity index (χ3n) is 2.79. The van der Waals surface area contributed by atoms with E-state index in [2.05, 4.69) is 4.98 Å². The van der Waals surface area contributed by atoms with Crippen molar-refractivity contribution in [3.63, 3.8) is 0 Å². The lowest BCUT2D eigenvalue weighted by atomic mass is 10.2. The number of carboxylic acids is 1. The molecule has 0 atom stereocenters. The van der Waals surface area contributed by atoms with Crippen molar-refractivity contribution in [3.8, 4) is 0 Å². The van der Waals surface area contributed by atoms with Crippen molar-refractivity contribution in [3.05, 3.63) is 24.0 Å². The summed E-state index contributed by atoms with van der Waals surface area (Å²) in [5, 5.41) is 8.79. The number of nitrogen functional groups attached to an aromatic ring is 1. The average Bonchev–Trinajstić information content (AvgIpc) is 3.12. The van der Waals surface area contributed by atoms with Crippen LogP contribution in [-0.2, 0) is 16.0 Å². The van der Waals surface area contributed by atoms with E-state index in [9.17, 15) is 9.59 Å². The van der Waals surface area contributed by atoms with Gasteiger partial charge in [0.2, 0.25) is 5.91 Å². The largest absolute Gasteiger partial charge is 0.480 e. The van der Waals surface area contributed by atoms with Crippen LogP contribution >= 0.6 is 0 Å². The molecular weight excluding hydrogens is 234 g/mol. The molecule has 1 aromatic heterocycles. The van der Waals surface area contributed by atoms with Gasteiger partial charge in [-0.05, 0) is 25.0 Å². The molecule has 1 amide bonds. The van der Waals surface area contributed by atoms with Gasteiger partial charge in [0.15, 0.2) is 0 Å². The zero-order chi connectivity index (χ0) is 13.1. The van der Waals surface area contributed by atoms with Crippen LogP contribution in [0.2, 0.25) is 0 Å². The Morgan fingerprint density at radius 1 is 1.44 bits per heavy atom. The first kappa shape index (κ1) is 12.3. The predicted octanol–water partition coefficient (Wildman–Crippen LogP) is 0.282. The summed E-state index contributed by atoms with van der Waals surface area (Å²) in [4.78, 5) is 28.2. The zero-order valence-corrected chi connectivity index (χ0v) is 9.87. The van der Waals surface area contributed by atoms with Crippen LogP contribution < -0.4 is 5.73 Å². The molecule has 1 aromatic rings. The van der Waals surface area contributed by atoms with Crippen molar-refractivity contribution < 1.29 is 14.7 Å². The fourth-order valence-corrected chi connectivity index (χ4v) is 1.75. The second kappa shape index (κ2) is 5.03. The number of nitrogens with two attached hydrogens (primary N) is 1. The Balaban J connectivity index is 2.00. The summed E-state index contributed by atoms with van der Waals surface area (Å²) in [6.45, 7) is -0.238. The van der Waals surface area contributed by atoms with Crippen LogP contribution in [0.5, 0.6) is 0 Å². The number of aromatic nitrogens is 1. The van der Waals surface area contributed by atoms with Gasteiger partial charge in [-0.3, -0.25) is 14.6 Å². The minimum atomic E-state index is -0.986. The van der Waals surface area contributed by atoms with Crippen LogP contribution in [0.25, 0.3) is 0 Å². The number of rotatable bonds is 5. The van der Waals surface area contributed by atoms with Crippen molar-refractivity contribution in [2.75, 3.05) is 12.3 Å². The minimum Gasteiger partial charge on any atom is -0.480 e. The third-order valence-corrected chi connectivity index (χ3v) is 2.79. The molecule has 18 heavy (non-hydrogen) atoms. The Labute approximate surface area is 104 Å². The Morgan fingerprint density at radius 3 is 2.67 bits per heavy atom. The molecule has 0 spiro atoms. The lowest BCUT2D eigenvalue weighted by Crippen LogP contribution is -2.38.